The van der Waals surface area contributed by atoms with Gasteiger partial charge in [0.05, 0.1) is 0 Å². The van der Waals surface area contributed by atoms with Crippen LogP contribution >= 0.6 is 0 Å². The van der Waals surface area contributed by atoms with Crippen LogP contribution in [-0.4, -0.2) is 64.9 Å². The molecule has 3 aliphatic heterocycles. The van der Waals surface area contributed by atoms with E-state index in [1.54, 1.807) is 0 Å². The minimum Gasteiger partial charge on any atom is -0.342 e. The van der Waals surface area contributed by atoms with Gasteiger partial charge in [-0.25, -0.2) is 0 Å². The Balaban J connectivity index is 1.02. The summed E-state index contributed by atoms with van der Waals surface area (Å²) >= 11 is 0. The molecule has 3 heterocycles. The lowest BCUT2D eigenvalue weighted by molar-refractivity contribution is -0.139. The lowest BCUT2D eigenvalue weighted by Crippen LogP contribution is -2.56. The number of hydrogen-bond donors (Lipinski definition) is 0. The van der Waals surface area contributed by atoms with Crippen LogP contribution in [0.25, 0.3) is 0 Å². The van der Waals surface area contributed by atoms with E-state index in [0.29, 0.717) is 24.3 Å². The van der Waals surface area contributed by atoms with Gasteiger partial charge in [-0.2, -0.15) is 0 Å². The minimum absolute atomic E-state index is 0.159. The molecule has 6 heteroatoms. The number of nitrogens with zero attached hydrogens (tertiary/aromatic N) is 4. The fourth-order valence-corrected chi connectivity index (χ4v) is 6.48. The number of allylic oxidation sites excluding steroid dienone is 4. The normalized spacial score (nSPS) is 33.9. The van der Waals surface area contributed by atoms with E-state index in [9.17, 15) is 9.59 Å². The zero-order chi connectivity index (χ0) is 22.9. The van der Waals surface area contributed by atoms with Crippen LogP contribution < -0.4 is 0 Å². The third kappa shape index (κ3) is 3.52. The van der Waals surface area contributed by atoms with E-state index in [4.69, 9.17) is 9.98 Å². The molecule has 0 radical (unpaired) electrons. The molecule has 178 valence electrons. The summed E-state index contributed by atoms with van der Waals surface area (Å²) < 4.78 is 0. The molecule has 2 saturated carbocycles. The van der Waals surface area contributed by atoms with Crippen molar-refractivity contribution in [2.24, 2.45) is 39.6 Å². The van der Waals surface area contributed by atoms with Crippen LogP contribution in [0.4, 0.5) is 0 Å². The molecule has 34 heavy (non-hydrogen) atoms. The summed E-state index contributed by atoms with van der Waals surface area (Å²) in [5, 5.41) is 0. The fraction of sp³-hybridized carbons (Fsp3) is 0.643. The van der Waals surface area contributed by atoms with Crippen LogP contribution in [-0.2, 0) is 9.59 Å². The van der Waals surface area contributed by atoms with Crippen molar-refractivity contribution in [2.45, 2.75) is 56.9 Å². The number of likely N-dealkylation sites (tertiary alicyclic amines) is 1. The van der Waals surface area contributed by atoms with Crippen molar-refractivity contribution < 1.29 is 9.59 Å². The van der Waals surface area contributed by atoms with Crippen molar-refractivity contribution in [3.8, 4) is 0 Å². The van der Waals surface area contributed by atoms with E-state index in [0.717, 1.165) is 69.9 Å². The van der Waals surface area contributed by atoms with E-state index in [-0.39, 0.29) is 17.7 Å². The zero-order valence-corrected chi connectivity index (χ0v) is 19.9. The lowest BCUT2D eigenvalue weighted by Gasteiger charge is -2.41. The zero-order valence-electron chi connectivity index (χ0n) is 19.9. The van der Waals surface area contributed by atoms with Gasteiger partial charge in [-0.1, -0.05) is 30.4 Å². The van der Waals surface area contributed by atoms with Crippen LogP contribution in [0.5, 0.6) is 0 Å². The number of amidine groups is 1. The fourth-order valence-electron chi connectivity index (χ4n) is 6.48. The highest BCUT2D eigenvalue weighted by Crippen LogP contribution is 2.47. The van der Waals surface area contributed by atoms with E-state index in [2.05, 4.69) is 30.4 Å². The van der Waals surface area contributed by atoms with E-state index in [1.807, 2.05) is 9.80 Å². The summed E-state index contributed by atoms with van der Waals surface area (Å²) in [6.07, 6.45) is 19.8. The van der Waals surface area contributed by atoms with Crippen molar-refractivity contribution >= 4 is 23.4 Å². The van der Waals surface area contributed by atoms with Gasteiger partial charge in [0.15, 0.2) is 0 Å². The Morgan fingerprint density at radius 1 is 1.15 bits per heavy atom. The molecule has 6 nitrogen and oxygen atoms in total. The van der Waals surface area contributed by atoms with Crippen LogP contribution in [0.3, 0.4) is 0 Å². The van der Waals surface area contributed by atoms with Crippen molar-refractivity contribution in [1.29, 1.82) is 0 Å². The Labute approximate surface area is 201 Å². The summed E-state index contributed by atoms with van der Waals surface area (Å²) in [6.45, 7) is 3.21. The molecule has 0 N–H and O–H groups in total. The molecule has 1 saturated heterocycles. The molecule has 3 fully saturated rings. The van der Waals surface area contributed by atoms with E-state index < -0.39 is 5.54 Å². The average Bonchev–Trinajstić information content (AvgIpc) is 3.76. The molecule has 3 atom stereocenters. The summed E-state index contributed by atoms with van der Waals surface area (Å²) in [7, 11) is 0. The van der Waals surface area contributed by atoms with Gasteiger partial charge in [-0.05, 0) is 68.8 Å². The Hall–Kier alpha value is -2.50. The van der Waals surface area contributed by atoms with Gasteiger partial charge >= 0.3 is 0 Å². The Morgan fingerprint density at radius 3 is 2.74 bits per heavy atom. The molecule has 7 aliphatic rings. The molecule has 2 amide bonds. The molecule has 7 rings (SSSR count). The van der Waals surface area contributed by atoms with Crippen molar-refractivity contribution in [3.05, 3.63) is 36.0 Å². The molecular weight excluding hydrogens is 424 g/mol. The summed E-state index contributed by atoms with van der Waals surface area (Å²) in [5.74, 6) is 3.66. The predicted molar refractivity (Wildman–Crippen MR) is 132 cm³/mol. The van der Waals surface area contributed by atoms with Gasteiger partial charge in [0.2, 0.25) is 5.91 Å². The summed E-state index contributed by atoms with van der Waals surface area (Å²) in [5.41, 5.74) is 2.08. The lowest BCUT2D eigenvalue weighted by atomic mass is 9.77. The first kappa shape index (κ1) is 20.8. The third-order valence-corrected chi connectivity index (χ3v) is 9.01. The second kappa shape index (κ2) is 7.76. The average molecular weight is 459 g/mol. The Bertz CT molecular complexity index is 1070. The van der Waals surface area contributed by atoms with Crippen molar-refractivity contribution in [2.75, 3.05) is 26.2 Å². The Kier molecular flexibility index (Phi) is 4.75. The van der Waals surface area contributed by atoms with E-state index in [1.165, 1.54) is 24.1 Å². The number of hydrogen-bond acceptors (Lipinski definition) is 4. The first-order valence-corrected chi connectivity index (χ1v) is 13.4. The minimum atomic E-state index is -0.461. The second-order valence-corrected chi connectivity index (χ2v) is 11.6. The molecule has 4 aliphatic carbocycles. The third-order valence-electron chi connectivity index (χ3n) is 9.01. The quantitative estimate of drug-likeness (QED) is 0.592. The summed E-state index contributed by atoms with van der Waals surface area (Å²) in [4.78, 5) is 39.5. The molecule has 3 unspecified atom stereocenters. The number of amides is 2. The number of rotatable bonds is 5. The number of fused-ring (bicyclic) bond motifs is 1. The topological polar surface area (TPSA) is 65.3 Å². The first-order valence-electron chi connectivity index (χ1n) is 13.4. The number of aliphatic imine (C=N–C) groups is 2. The largest absolute Gasteiger partial charge is 0.342 e. The van der Waals surface area contributed by atoms with Gasteiger partial charge in [-0.3, -0.25) is 24.5 Å². The van der Waals surface area contributed by atoms with Crippen LogP contribution in [0, 0.1) is 29.6 Å². The number of carbonyl (C=O) groups excluding carboxylic acids is 2. The van der Waals surface area contributed by atoms with Crippen LogP contribution in [0.2, 0.25) is 0 Å². The molecule has 0 bridgehead atoms. The molecule has 0 aromatic heterocycles. The molecule has 0 aromatic carbocycles. The number of carbonyl (C=O) groups is 2. The van der Waals surface area contributed by atoms with Gasteiger partial charge in [0.1, 0.15) is 11.4 Å². The highest BCUT2D eigenvalue weighted by Gasteiger charge is 2.58. The van der Waals surface area contributed by atoms with Gasteiger partial charge in [-0.15, -0.1) is 0 Å². The van der Waals surface area contributed by atoms with Crippen molar-refractivity contribution in [1.82, 2.24) is 9.80 Å². The first-order chi connectivity index (χ1) is 16.6. The maximum absolute atomic E-state index is 13.3. The maximum Gasteiger partial charge on any atom is 0.255 e. The highest BCUT2D eigenvalue weighted by molar-refractivity contribution is 6.11. The van der Waals surface area contributed by atoms with Gasteiger partial charge in [0.25, 0.3) is 5.91 Å². The Morgan fingerprint density at radius 2 is 2.00 bits per heavy atom. The van der Waals surface area contributed by atoms with E-state index >= 15 is 0 Å². The highest BCUT2D eigenvalue weighted by atomic mass is 16.2. The van der Waals surface area contributed by atoms with Gasteiger partial charge < -0.3 is 4.90 Å². The maximum atomic E-state index is 13.3. The van der Waals surface area contributed by atoms with Crippen LogP contribution in [0.1, 0.15) is 51.4 Å². The summed E-state index contributed by atoms with van der Waals surface area (Å²) in [6, 6.07) is 0. The monoisotopic (exact) mass is 458 g/mol. The SMILES string of the molecule is O=C(C1CC1)N1CC(CN2C(=O)C3(CC3)N=C2C2C=CC(C3=NCC4C=CCCC4C3)=CC2)C1. The molecule has 1 spiro atoms. The van der Waals surface area contributed by atoms with Gasteiger partial charge in [0, 0.05) is 49.6 Å². The van der Waals surface area contributed by atoms with Crippen molar-refractivity contribution in [3.63, 3.8) is 0 Å². The van der Waals surface area contributed by atoms with Crippen LogP contribution in [0.15, 0.2) is 45.9 Å². The molecule has 0 aromatic rings. The second-order valence-electron chi connectivity index (χ2n) is 11.6. The molecular formula is C28H34N4O2. The smallest absolute Gasteiger partial charge is 0.255 e. The standard InChI is InChI=1S/C28H34N4O2/c33-26(21-9-10-21)31-15-18(16-31)17-32-25(30-28(11-12-28)27(32)34)20-7-5-19(6-8-20)24-13-22-3-1-2-4-23(22)14-29-24/h2,4-7,18,20-23H,1,3,8-17H2. The predicted octanol–water partition coefficient (Wildman–Crippen LogP) is 3.56.